The number of ether oxygens (including phenoxy) is 2. The Hall–Kier alpha value is -4.95. The SMILES string of the molecule is COc1ccc(C(=O)Nc2ccccc2C(=O)N/N=C\c2ccccc2OC(=O)c2ccc(Cl)cc2)cc1. The van der Waals surface area contributed by atoms with E-state index in [0.717, 1.165) is 0 Å². The van der Waals surface area contributed by atoms with Crippen molar-refractivity contribution >= 4 is 41.3 Å². The Balaban J connectivity index is 1.43. The first-order chi connectivity index (χ1) is 18.4. The van der Waals surface area contributed by atoms with Crippen molar-refractivity contribution in [2.75, 3.05) is 12.4 Å². The second-order valence-corrected chi connectivity index (χ2v) is 8.30. The van der Waals surface area contributed by atoms with Crippen LogP contribution in [0, 0.1) is 0 Å². The minimum Gasteiger partial charge on any atom is -0.497 e. The number of anilines is 1. The maximum absolute atomic E-state index is 12.8. The largest absolute Gasteiger partial charge is 0.497 e. The molecule has 8 nitrogen and oxygen atoms in total. The van der Waals surface area contributed by atoms with E-state index in [4.69, 9.17) is 21.1 Å². The number of halogens is 1. The number of rotatable bonds is 8. The lowest BCUT2D eigenvalue weighted by atomic mass is 10.1. The first-order valence-corrected chi connectivity index (χ1v) is 11.8. The van der Waals surface area contributed by atoms with E-state index >= 15 is 0 Å². The van der Waals surface area contributed by atoms with Crippen LogP contribution in [0.25, 0.3) is 0 Å². The molecule has 4 aromatic rings. The van der Waals surface area contributed by atoms with E-state index in [1.165, 1.54) is 6.21 Å². The predicted octanol–water partition coefficient (Wildman–Crippen LogP) is 5.58. The fourth-order valence-corrected chi connectivity index (χ4v) is 3.50. The molecule has 0 spiro atoms. The highest BCUT2D eigenvalue weighted by Crippen LogP contribution is 2.20. The zero-order valence-electron chi connectivity index (χ0n) is 20.2. The molecular formula is C29H22ClN3O5. The van der Waals surface area contributed by atoms with E-state index in [9.17, 15) is 14.4 Å². The predicted molar refractivity (Wildman–Crippen MR) is 145 cm³/mol. The van der Waals surface area contributed by atoms with E-state index in [0.29, 0.717) is 33.1 Å². The van der Waals surface area contributed by atoms with E-state index in [1.807, 2.05) is 0 Å². The standard InChI is InChI=1S/C29H22ClN3O5/c1-37-23-16-12-19(13-17-23)27(34)32-25-8-4-3-7-24(25)28(35)33-31-18-21-6-2-5-9-26(21)38-29(36)20-10-14-22(30)15-11-20/h2-18H,1H3,(H,32,34)(H,33,35)/b31-18-. The molecule has 38 heavy (non-hydrogen) atoms. The molecule has 0 saturated carbocycles. The van der Waals surface area contributed by atoms with Crippen molar-refractivity contribution in [1.82, 2.24) is 5.43 Å². The molecule has 0 aliphatic carbocycles. The van der Waals surface area contributed by atoms with Gasteiger partial charge in [-0.05, 0) is 72.8 Å². The van der Waals surface area contributed by atoms with Crippen LogP contribution in [0.2, 0.25) is 5.02 Å². The number of esters is 1. The molecule has 0 radical (unpaired) electrons. The summed E-state index contributed by atoms with van der Waals surface area (Å²) in [5.74, 6) is -0.596. The number of nitrogens with one attached hydrogen (secondary N) is 2. The van der Waals surface area contributed by atoms with Crippen LogP contribution in [0.3, 0.4) is 0 Å². The molecule has 0 atom stereocenters. The molecule has 4 rings (SSSR count). The molecule has 9 heteroatoms. The third-order valence-corrected chi connectivity index (χ3v) is 5.60. The highest BCUT2D eigenvalue weighted by atomic mass is 35.5. The van der Waals surface area contributed by atoms with Gasteiger partial charge < -0.3 is 14.8 Å². The minimum atomic E-state index is -0.562. The first kappa shape index (κ1) is 26.1. The first-order valence-electron chi connectivity index (χ1n) is 11.4. The molecule has 0 heterocycles. The zero-order chi connectivity index (χ0) is 26.9. The van der Waals surface area contributed by atoms with Crippen LogP contribution in [0.15, 0.2) is 102 Å². The summed E-state index contributed by atoms with van der Waals surface area (Å²) in [6.07, 6.45) is 1.36. The number of benzene rings is 4. The molecule has 4 aromatic carbocycles. The number of amides is 2. The van der Waals surface area contributed by atoms with Gasteiger partial charge in [-0.1, -0.05) is 35.9 Å². The van der Waals surface area contributed by atoms with Crippen molar-refractivity contribution in [2.24, 2.45) is 5.10 Å². The van der Waals surface area contributed by atoms with Crippen molar-refractivity contribution in [3.8, 4) is 11.5 Å². The molecular weight excluding hydrogens is 506 g/mol. The van der Waals surface area contributed by atoms with Crippen molar-refractivity contribution in [3.05, 3.63) is 124 Å². The quantitative estimate of drug-likeness (QED) is 0.135. The molecule has 0 unspecified atom stereocenters. The number of para-hydroxylation sites is 2. The summed E-state index contributed by atoms with van der Waals surface area (Å²) in [6, 6.07) is 26.2. The number of carbonyl (C=O) groups excluding carboxylic acids is 3. The van der Waals surface area contributed by atoms with Crippen LogP contribution >= 0.6 is 11.6 Å². The summed E-state index contributed by atoms with van der Waals surface area (Å²) in [4.78, 5) is 38.0. The van der Waals surface area contributed by atoms with Gasteiger partial charge in [0, 0.05) is 16.1 Å². The Morgan fingerprint density at radius 2 is 1.45 bits per heavy atom. The second kappa shape index (κ2) is 12.3. The number of hydrogen-bond acceptors (Lipinski definition) is 6. The average molecular weight is 528 g/mol. The fraction of sp³-hybridized carbons (Fsp3) is 0.0345. The van der Waals surface area contributed by atoms with Crippen LogP contribution in [0.5, 0.6) is 11.5 Å². The Kier molecular flexibility index (Phi) is 8.48. The Morgan fingerprint density at radius 1 is 0.789 bits per heavy atom. The Bertz CT molecular complexity index is 1490. The molecule has 0 fully saturated rings. The molecule has 0 aliphatic heterocycles. The van der Waals surface area contributed by atoms with Gasteiger partial charge in [0.25, 0.3) is 11.8 Å². The van der Waals surface area contributed by atoms with Gasteiger partial charge in [-0.25, -0.2) is 10.2 Å². The van der Waals surface area contributed by atoms with Gasteiger partial charge in [-0.2, -0.15) is 5.10 Å². The highest BCUT2D eigenvalue weighted by Gasteiger charge is 2.15. The van der Waals surface area contributed by atoms with Crippen LogP contribution in [-0.4, -0.2) is 31.1 Å². The lowest BCUT2D eigenvalue weighted by Gasteiger charge is -2.10. The summed E-state index contributed by atoms with van der Waals surface area (Å²) >= 11 is 5.87. The van der Waals surface area contributed by atoms with E-state index in [2.05, 4.69) is 15.8 Å². The van der Waals surface area contributed by atoms with Crippen molar-refractivity contribution < 1.29 is 23.9 Å². The normalized spacial score (nSPS) is 10.6. The lowest BCUT2D eigenvalue weighted by molar-refractivity contribution is 0.0734. The van der Waals surface area contributed by atoms with Gasteiger partial charge in [-0.15, -0.1) is 0 Å². The van der Waals surface area contributed by atoms with Gasteiger partial charge >= 0.3 is 5.97 Å². The highest BCUT2D eigenvalue weighted by molar-refractivity contribution is 6.30. The number of hydrazone groups is 1. The number of nitrogens with zero attached hydrogens (tertiary/aromatic N) is 1. The topological polar surface area (TPSA) is 106 Å². The third kappa shape index (κ3) is 6.63. The molecule has 2 amide bonds. The van der Waals surface area contributed by atoms with Crippen LogP contribution in [-0.2, 0) is 0 Å². The number of carbonyl (C=O) groups is 3. The summed E-state index contributed by atoms with van der Waals surface area (Å²) in [7, 11) is 1.54. The second-order valence-electron chi connectivity index (χ2n) is 7.86. The smallest absolute Gasteiger partial charge is 0.343 e. The Morgan fingerprint density at radius 3 is 2.18 bits per heavy atom. The zero-order valence-corrected chi connectivity index (χ0v) is 20.9. The summed E-state index contributed by atoms with van der Waals surface area (Å²) in [5, 5.41) is 7.26. The van der Waals surface area contributed by atoms with Crippen LogP contribution < -0.4 is 20.2 Å². The molecule has 190 valence electrons. The summed E-state index contributed by atoms with van der Waals surface area (Å²) < 4.78 is 10.6. The van der Waals surface area contributed by atoms with Gasteiger partial charge in [0.15, 0.2) is 0 Å². The average Bonchev–Trinajstić information content (AvgIpc) is 2.94. The lowest BCUT2D eigenvalue weighted by Crippen LogP contribution is -2.21. The monoisotopic (exact) mass is 527 g/mol. The number of hydrogen-bond donors (Lipinski definition) is 2. The maximum Gasteiger partial charge on any atom is 0.343 e. The van der Waals surface area contributed by atoms with E-state index in [-0.39, 0.29) is 17.2 Å². The van der Waals surface area contributed by atoms with Crippen molar-refractivity contribution in [2.45, 2.75) is 0 Å². The number of methoxy groups -OCH3 is 1. The van der Waals surface area contributed by atoms with E-state index < -0.39 is 11.9 Å². The van der Waals surface area contributed by atoms with Gasteiger partial charge in [-0.3, -0.25) is 9.59 Å². The Labute approximate surface area is 223 Å². The summed E-state index contributed by atoms with van der Waals surface area (Å²) in [6.45, 7) is 0. The molecule has 0 aromatic heterocycles. The van der Waals surface area contributed by atoms with Crippen molar-refractivity contribution in [3.63, 3.8) is 0 Å². The molecule has 0 bridgehead atoms. The van der Waals surface area contributed by atoms with Crippen molar-refractivity contribution in [1.29, 1.82) is 0 Å². The minimum absolute atomic E-state index is 0.217. The molecule has 2 N–H and O–H groups in total. The molecule has 0 saturated heterocycles. The van der Waals surface area contributed by atoms with E-state index in [1.54, 1.807) is 104 Å². The van der Waals surface area contributed by atoms with Crippen LogP contribution in [0.1, 0.15) is 36.6 Å². The van der Waals surface area contributed by atoms with Crippen LogP contribution in [0.4, 0.5) is 5.69 Å². The van der Waals surface area contributed by atoms with Gasteiger partial charge in [0.05, 0.1) is 30.1 Å². The van der Waals surface area contributed by atoms with Gasteiger partial charge in [0.1, 0.15) is 11.5 Å². The van der Waals surface area contributed by atoms with Gasteiger partial charge in [0.2, 0.25) is 0 Å². The fourth-order valence-electron chi connectivity index (χ4n) is 3.37. The maximum atomic E-state index is 12.8. The molecule has 0 aliphatic rings. The third-order valence-electron chi connectivity index (χ3n) is 5.34. The summed E-state index contributed by atoms with van der Waals surface area (Å²) in [5.41, 5.74) is 4.19.